The molecule has 0 fully saturated rings. The van der Waals surface area contributed by atoms with E-state index in [0.29, 0.717) is 0 Å². The molecule has 0 saturated carbocycles. The molecular weight excluding hydrogens is 312 g/mol. The van der Waals surface area contributed by atoms with Gasteiger partial charge in [-0.05, 0) is 43.7 Å². The van der Waals surface area contributed by atoms with Crippen LogP contribution in [0.4, 0.5) is 0 Å². The molecule has 4 nitrogen and oxygen atoms in total. The summed E-state index contributed by atoms with van der Waals surface area (Å²) in [5.74, 6) is 3.29. The van der Waals surface area contributed by atoms with E-state index in [2.05, 4.69) is 41.8 Å². The molecule has 0 amide bonds. The first-order valence-electron chi connectivity index (χ1n) is 8.30. The third-order valence-corrected chi connectivity index (χ3v) is 4.34. The fourth-order valence-electron chi connectivity index (χ4n) is 3.13. The number of fused-ring (bicyclic) bond motifs is 1. The number of methoxy groups -OCH3 is 1. The van der Waals surface area contributed by atoms with Gasteiger partial charge in [0.1, 0.15) is 11.5 Å². The van der Waals surface area contributed by atoms with Crippen LogP contribution >= 0.6 is 0 Å². The Morgan fingerprint density at radius 1 is 1.04 bits per heavy atom. The Bertz CT molecular complexity index is 1040. The monoisotopic (exact) mass is 332 g/mol. The number of imidazole rings is 1. The Labute approximate surface area is 146 Å². The smallest absolute Gasteiger partial charge is 0.177 e. The molecule has 2 aromatic heterocycles. The fourth-order valence-corrected chi connectivity index (χ4v) is 3.13. The molecule has 4 heteroatoms. The largest absolute Gasteiger partial charge is 0.497 e. The maximum absolute atomic E-state index is 5.84. The van der Waals surface area contributed by atoms with Crippen molar-refractivity contribution in [3.63, 3.8) is 0 Å². The Balaban J connectivity index is 1.89. The second-order valence-electron chi connectivity index (χ2n) is 6.28. The maximum atomic E-state index is 5.84. The Hall–Kier alpha value is -3.01. The average molecular weight is 332 g/mol. The molecule has 126 valence electrons. The number of furan rings is 1. The fraction of sp³-hybridized carbons (Fsp3) is 0.190. The molecule has 2 heterocycles. The molecule has 4 aromatic rings. The number of benzene rings is 2. The lowest BCUT2D eigenvalue weighted by atomic mass is 10.1. The molecule has 0 bridgehead atoms. The lowest BCUT2D eigenvalue weighted by Gasteiger charge is -2.09. The summed E-state index contributed by atoms with van der Waals surface area (Å²) in [6, 6.07) is 18.4. The summed E-state index contributed by atoms with van der Waals surface area (Å²) in [5.41, 5.74) is 4.45. The number of nitrogens with zero attached hydrogens (tertiary/aromatic N) is 2. The molecule has 0 spiro atoms. The third-order valence-electron chi connectivity index (χ3n) is 4.34. The molecule has 25 heavy (non-hydrogen) atoms. The van der Waals surface area contributed by atoms with Gasteiger partial charge in [0.2, 0.25) is 0 Å². The highest BCUT2D eigenvalue weighted by Crippen LogP contribution is 2.29. The van der Waals surface area contributed by atoms with Crippen LogP contribution in [0.1, 0.15) is 16.9 Å². The summed E-state index contributed by atoms with van der Waals surface area (Å²) >= 11 is 0. The molecule has 0 atom stereocenters. The van der Waals surface area contributed by atoms with Gasteiger partial charge < -0.3 is 13.7 Å². The highest BCUT2D eigenvalue weighted by molar-refractivity contribution is 5.81. The van der Waals surface area contributed by atoms with Crippen molar-refractivity contribution >= 4 is 11.0 Å². The van der Waals surface area contributed by atoms with Gasteiger partial charge in [0, 0.05) is 12.6 Å². The molecule has 0 radical (unpaired) electrons. The first-order valence-corrected chi connectivity index (χ1v) is 8.30. The first-order chi connectivity index (χ1) is 12.1. The van der Waals surface area contributed by atoms with Crippen molar-refractivity contribution in [1.29, 1.82) is 0 Å². The minimum atomic E-state index is 0.736. The standard InChI is InChI=1S/C21H20N2O2/c1-14-5-4-6-16(11-14)13-23-19-9-8-17(24-3)12-18(19)22-21(23)20-10-7-15(2)25-20/h4-12H,13H2,1-3H3. The lowest BCUT2D eigenvalue weighted by Crippen LogP contribution is -2.02. The molecular formula is C21H20N2O2. The third kappa shape index (κ3) is 2.91. The molecule has 0 saturated heterocycles. The van der Waals surface area contributed by atoms with Gasteiger partial charge in [0.05, 0.1) is 18.1 Å². The summed E-state index contributed by atoms with van der Waals surface area (Å²) in [6.07, 6.45) is 0. The summed E-state index contributed by atoms with van der Waals surface area (Å²) in [4.78, 5) is 4.81. The summed E-state index contributed by atoms with van der Waals surface area (Å²) < 4.78 is 13.4. The van der Waals surface area contributed by atoms with Crippen LogP contribution in [-0.2, 0) is 6.54 Å². The Morgan fingerprint density at radius 3 is 2.64 bits per heavy atom. The highest BCUT2D eigenvalue weighted by atomic mass is 16.5. The van der Waals surface area contributed by atoms with Gasteiger partial charge in [-0.2, -0.15) is 0 Å². The van der Waals surface area contributed by atoms with E-state index >= 15 is 0 Å². The van der Waals surface area contributed by atoms with Gasteiger partial charge in [-0.15, -0.1) is 0 Å². The zero-order chi connectivity index (χ0) is 17.4. The van der Waals surface area contributed by atoms with Crippen LogP contribution in [0.5, 0.6) is 5.75 Å². The van der Waals surface area contributed by atoms with Gasteiger partial charge in [-0.1, -0.05) is 29.8 Å². The second-order valence-corrected chi connectivity index (χ2v) is 6.28. The van der Waals surface area contributed by atoms with Crippen molar-refractivity contribution in [2.45, 2.75) is 20.4 Å². The molecule has 2 aromatic carbocycles. The van der Waals surface area contributed by atoms with Crippen molar-refractivity contribution in [2.24, 2.45) is 0 Å². The van der Waals surface area contributed by atoms with Crippen LogP contribution < -0.4 is 4.74 Å². The van der Waals surface area contributed by atoms with E-state index in [4.69, 9.17) is 14.1 Å². The first kappa shape index (κ1) is 15.5. The molecule has 0 aliphatic heterocycles. The van der Waals surface area contributed by atoms with Crippen LogP contribution in [0.2, 0.25) is 0 Å². The van der Waals surface area contributed by atoms with Crippen molar-refractivity contribution in [3.8, 4) is 17.3 Å². The van der Waals surface area contributed by atoms with Gasteiger partial charge in [0.15, 0.2) is 11.6 Å². The predicted molar refractivity (Wildman–Crippen MR) is 99.0 cm³/mol. The van der Waals surface area contributed by atoms with E-state index in [1.807, 2.05) is 31.2 Å². The lowest BCUT2D eigenvalue weighted by molar-refractivity contribution is 0.415. The molecule has 0 aliphatic rings. The molecule has 0 N–H and O–H groups in total. The average Bonchev–Trinajstić information content (AvgIpc) is 3.18. The minimum absolute atomic E-state index is 0.736. The van der Waals surface area contributed by atoms with Crippen LogP contribution in [0, 0.1) is 13.8 Å². The van der Waals surface area contributed by atoms with Crippen LogP contribution in [-0.4, -0.2) is 16.7 Å². The van der Waals surface area contributed by atoms with E-state index in [9.17, 15) is 0 Å². The van der Waals surface area contributed by atoms with Crippen LogP contribution in [0.25, 0.3) is 22.6 Å². The van der Waals surface area contributed by atoms with E-state index < -0.39 is 0 Å². The van der Waals surface area contributed by atoms with Crippen molar-refractivity contribution in [3.05, 3.63) is 71.5 Å². The molecule has 4 rings (SSSR count). The van der Waals surface area contributed by atoms with Gasteiger partial charge >= 0.3 is 0 Å². The number of hydrogen-bond donors (Lipinski definition) is 0. The summed E-state index contributed by atoms with van der Waals surface area (Å²) in [5, 5.41) is 0. The number of rotatable bonds is 4. The molecule has 0 unspecified atom stereocenters. The van der Waals surface area contributed by atoms with E-state index in [-0.39, 0.29) is 0 Å². The maximum Gasteiger partial charge on any atom is 0.177 e. The van der Waals surface area contributed by atoms with Crippen LogP contribution in [0.15, 0.2) is 59.0 Å². The van der Waals surface area contributed by atoms with Gasteiger partial charge in [0.25, 0.3) is 0 Å². The minimum Gasteiger partial charge on any atom is -0.497 e. The van der Waals surface area contributed by atoms with Crippen LogP contribution in [0.3, 0.4) is 0 Å². The second kappa shape index (κ2) is 6.13. The van der Waals surface area contributed by atoms with E-state index in [1.165, 1.54) is 11.1 Å². The predicted octanol–water partition coefficient (Wildman–Crippen LogP) is 4.97. The summed E-state index contributed by atoms with van der Waals surface area (Å²) in [7, 11) is 1.67. The number of hydrogen-bond acceptors (Lipinski definition) is 3. The Kier molecular flexibility index (Phi) is 3.80. The topological polar surface area (TPSA) is 40.2 Å². The zero-order valence-electron chi connectivity index (χ0n) is 14.6. The number of aromatic nitrogens is 2. The SMILES string of the molecule is COc1ccc2c(c1)nc(-c1ccc(C)o1)n2Cc1cccc(C)c1. The zero-order valence-corrected chi connectivity index (χ0v) is 14.6. The van der Waals surface area contributed by atoms with Crippen molar-refractivity contribution in [1.82, 2.24) is 9.55 Å². The van der Waals surface area contributed by atoms with E-state index in [0.717, 1.165) is 40.7 Å². The summed E-state index contributed by atoms with van der Waals surface area (Å²) in [6.45, 7) is 4.79. The van der Waals surface area contributed by atoms with Crippen molar-refractivity contribution in [2.75, 3.05) is 7.11 Å². The molecule has 0 aliphatic carbocycles. The normalized spacial score (nSPS) is 11.2. The Morgan fingerprint density at radius 2 is 1.92 bits per heavy atom. The van der Waals surface area contributed by atoms with Crippen molar-refractivity contribution < 1.29 is 9.15 Å². The van der Waals surface area contributed by atoms with E-state index in [1.54, 1.807) is 7.11 Å². The highest BCUT2D eigenvalue weighted by Gasteiger charge is 2.16. The number of aryl methyl sites for hydroxylation is 2. The number of ether oxygens (including phenoxy) is 1. The van der Waals surface area contributed by atoms with Gasteiger partial charge in [-0.3, -0.25) is 0 Å². The quantitative estimate of drug-likeness (QED) is 0.530. The van der Waals surface area contributed by atoms with Gasteiger partial charge in [-0.25, -0.2) is 4.98 Å².